The van der Waals surface area contributed by atoms with E-state index in [0.717, 1.165) is 11.0 Å². The van der Waals surface area contributed by atoms with Crippen molar-refractivity contribution in [1.29, 1.82) is 0 Å². The third-order valence-corrected chi connectivity index (χ3v) is 3.36. The number of anilines is 1. The van der Waals surface area contributed by atoms with Gasteiger partial charge < -0.3 is 5.32 Å². The van der Waals surface area contributed by atoms with Crippen LogP contribution in [-0.2, 0) is 6.54 Å². The lowest BCUT2D eigenvalue weighted by atomic mass is 10.4. The van der Waals surface area contributed by atoms with Crippen LogP contribution in [0.25, 0.3) is 0 Å². The van der Waals surface area contributed by atoms with Gasteiger partial charge in [-0.1, -0.05) is 6.07 Å². The van der Waals surface area contributed by atoms with Crippen LogP contribution in [-0.4, -0.2) is 9.97 Å². The zero-order chi connectivity index (χ0) is 10.7. The van der Waals surface area contributed by atoms with Crippen molar-refractivity contribution in [3.63, 3.8) is 0 Å². The Labute approximate surface area is 105 Å². The molecule has 0 aliphatic heterocycles. The highest BCUT2D eigenvalue weighted by molar-refractivity contribution is 9.10. The van der Waals surface area contributed by atoms with Crippen LogP contribution in [0.15, 0.2) is 28.2 Å². The van der Waals surface area contributed by atoms with Crippen molar-refractivity contribution >= 4 is 44.7 Å². The molecule has 0 radical (unpaired) electrons. The van der Waals surface area contributed by atoms with E-state index in [1.165, 1.54) is 4.88 Å². The minimum absolute atomic E-state index is 0.242. The summed E-state index contributed by atoms with van der Waals surface area (Å²) in [6.07, 6.45) is 1.63. The molecule has 3 nitrogen and oxygen atoms in total. The summed E-state index contributed by atoms with van der Waals surface area (Å²) in [4.78, 5) is 9.17. The molecular weight excluding hydrogens is 298 g/mol. The van der Waals surface area contributed by atoms with Gasteiger partial charge in [0, 0.05) is 11.1 Å². The molecule has 78 valence electrons. The molecule has 0 atom stereocenters. The SMILES string of the molecule is Clc1ncc(Br)c(NCc2cccs2)n1. The maximum absolute atomic E-state index is 5.70. The average Bonchev–Trinajstić information content (AvgIpc) is 2.72. The molecule has 0 amide bonds. The van der Waals surface area contributed by atoms with Crippen molar-refractivity contribution in [1.82, 2.24) is 9.97 Å². The molecule has 0 saturated heterocycles. The van der Waals surface area contributed by atoms with Gasteiger partial charge in [-0.15, -0.1) is 11.3 Å². The Morgan fingerprint density at radius 2 is 2.40 bits per heavy atom. The number of rotatable bonds is 3. The van der Waals surface area contributed by atoms with Gasteiger partial charge in [-0.25, -0.2) is 4.98 Å². The second-order valence-electron chi connectivity index (χ2n) is 2.77. The molecule has 0 spiro atoms. The maximum atomic E-state index is 5.70. The number of thiophene rings is 1. The molecule has 6 heteroatoms. The van der Waals surface area contributed by atoms with Crippen molar-refractivity contribution in [3.8, 4) is 0 Å². The van der Waals surface area contributed by atoms with Crippen molar-refractivity contribution in [3.05, 3.63) is 38.3 Å². The molecule has 2 aromatic rings. The highest BCUT2D eigenvalue weighted by Gasteiger charge is 2.03. The summed E-state index contributed by atoms with van der Waals surface area (Å²) < 4.78 is 0.809. The van der Waals surface area contributed by atoms with Crippen molar-refractivity contribution in [2.45, 2.75) is 6.54 Å². The fourth-order valence-corrected chi connectivity index (χ4v) is 2.16. The minimum atomic E-state index is 0.242. The standard InChI is InChI=1S/C9H7BrClN3S/c10-7-5-13-9(11)14-8(7)12-4-6-2-1-3-15-6/h1-3,5H,4H2,(H,12,13,14). The predicted octanol–water partition coefficient (Wildman–Crippen LogP) is 3.57. The first-order chi connectivity index (χ1) is 7.25. The Balaban J connectivity index is 2.07. The van der Waals surface area contributed by atoms with E-state index in [0.29, 0.717) is 5.82 Å². The summed E-state index contributed by atoms with van der Waals surface area (Å²) in [7, 11) is 0. The topological polar surface area (TPSA) is 37.8 Å². The summed E-state index contributed by atoms with van der Waals surface area (Å²) in [5.74, 6) is 0.711. The minimum Gasteiger partial charge on any atom is -0.364 e. The molecule has 2 aromatic heterocycles. The lowest BCUT2D eigenvalue weighted by molar-refractivity contribution is 1.09. The van der Waals surface area contributed by atoms with Gasteiger partial charge in [-0.2, -0.15) is 4.98 Å². The van der Waals surface area contributed by atoms with E-state index >= 15 is 0 Å². The third kappa shape index (κ3) is 2.90. The summed E-state index contributed by atoms with van der Waals surface area (Å²) in [6, 6.07) is 4.08. The van der Waals surface area contributed by atoms with E-state index in [2.05, 4.69) is 37.3 Å². The zero-order valence-corrected chi connectivity index (χ0v) is 10.7. The number of halogens is 2. The van der Waals surface area contributed by atoms with E-state index in [1.807, 2.05) is 11.4 Å². The lowest BCUT2D eigenvalue weighted by Crippen LogP contribution is -2.01. The first-order valence-electron chi connectivity index (χ1n) is 4.20. The first kappa shape index (κ1) is 10.9. The highest BCUT2D eigenvalue weighted by Crippen LogP contribution is 2.21. The smallest absolute Gasteiger partial charge is 0.224 e. The van der Waals surface area contributed by atoms with Gasteiger partial charge >= 0.3 is 0 Å². The van der Waals surface area contributed by atoms with Gasteiger partial charge in [0.05, 0.1) is 11.0 Å². The van der Waals surface area contributed by atoms with E-state index in [9.17, 15) is 0 Å². The molecule has 0 aromatic carbocycles. The van der Waals surface area contributed by atoms with Crippen molar-refractivity contribution < 1.29 is 0 Å². The Morgan fingerprint density at radius 3 is 3.13 bits per heavy atom. The predicted molar refractivity (Wildman–Crippen MR) is 66.4 cm³/mol. The Morgan fingerprint density at radius 1 is 1.53 bits per heavy atom. The first-order valence-corrected chi connectivity index (χ1v) is 6.25. The summed E-state index contributed by atoms with van der Waals surface area (Å²) in [5.41, 5.74) is 0. The van der Waals surface area contributed by atoms with Crippen LogP contribution in [0.5, 0.6) is 0 Å². The molecule has 0 unspecified atom stereocenters. The van der Waals surface area contributed by atoms with Gasteiger partial charge in [-0.3, -0.25) is 0 Å². The molecule has 1 N–H and O–H groups in total. The summed E-state index contributed by atoms with van der Waals surface area (Å²) >= 11 is 10.7. The number of nitrogens with zero attached hydrogens (tertiary/aromatic N) is 2. The van der Waals surface area contributed by atoms with E-state index in [1.54, 1.807) is 17.5 Å². The van der Waals surface area contributed by atoms with E-state index in [-0.39, 0.29) is 5.28 Å². The van der Waals surface area contributed by atoms with Gasteiger partial charge in [0.2, 0.25) is 5.28 Å². The monoisotopic (exact) mass is 303 g/mol. The summed E-state index contributed by atoms with van der Waals surface area (Å²) in [6.45, 7) is 0.740. The molecule has 0 aliphatic carbocycles. The largest absolute Gasteiger partial charge is 0.364 e. The molecule has 0 bridgehead atoms. The molecule has 2 heterocycles. The van der Waals surface area contributed by atoms with Crippen LogP contribution in [0.3, 0.4) is 0 Å². The van der Waals surface area contributed by atoms with Crippen LogP contribution in [0.4, 0.5) is 5.82 Å². The van der Waals surface area contributed by atoms with Crippen LogP contribution in [0.2, 0.25) is 5.28 Å². The fraction of sp³-hybridized carbons (Fsp3) is 0.111. The van der Waals surface area contributed by atoms with E-state index in [4.69, 9.17) is 11.6 Å². The molecule has 2 rings (SSSR count). The number of hydrogen-bond acceptors (Lipinski definition) is 4. The van der Waals surface area contributed by atoms with Crippen molar-refractivity contribution in [2.24, 2.45) is 0 Å². The van der Waals surface area contributed by atoms with Crippen LogP contribution < -0.4 is 5.32 Å². The molecule has 0 aliphatic rings. The quantitative estimate of drug-likeness (QED) is 0.881. The van der Waals surface area contributed by atoms with Crippen LogP contribution in [0, 0.1) is 0 Å². The molecular formula is C9H7BrClN3S. The average molecular weight is 305 g/mol. The zero-order valence-electron chi connectivity index (χ0n) is 7.58. The van der Waals surface area contributed by atoms with Crippen LogP contribution >= 0.6 is 38.9 Å². The van der Waals surface area contributed by atoms with Gasteiger partial charge in [0.15, 0.2) is 0 Å². The second-order valence-corrected chi connectivity index (χ2v) is 4.99. The van der Waals surface area contributed by atoms with Gasteiger partial charge in [0.25, 0.3) is 0 Å². The van der Waals surface area contributed by atoms with Gasteiger partial charge in [0.1, 0.15) is 5.82 Å². The number of hydrogen-bond donors (Lipinski definition) is 1. The number of nitrogens with one attached hydrogen (secondary N) is 1. The molecule has 0 fully saturated rings. The van der Waals surface area contributed by atoms with E-state index < -0.39 is 0 Å². The molecule has 15 heavy (non-hydrogen) atoms. The van der Waals surface area contributed by atoms with Gasteiger partial charge in [-0.05, 0) is 39.0 Å². The van der Waals surface area contributed by atoms with Crippen LogP contribution in [0.1, 0.15) is 4.88 Å². The highest BCUT2D eigenvalue weighted by atomic mass is 79.9. The Bertz CT molecular complexity index is 447. The maximum Gasteiger partial charge on any atom is 0.224 e. The lowest BCUT2D eigenvalue weighted by Gasteiger charge is -2.05. The summed E-state index contributed by atoms with van der Waals surface area (Å²) in [5, 5.41) is 5.47. The number of aromatic nitrogens is 2. The Kier molecular flexibility index (Phi) is 3.56. The fourth-order valence-electron chi connectivity index (χ4n) is 1.05. The third-order valence-electron chi connectivity index (χ3n) is 1.72. The second kappa shape index (κ2) is 4.92. The Hall–Kier alpha value is -0.650. The van der Waals surface area contributed by atoms with Crippen molar-refractivity contribution in [2.75, 3.05) is 5.32 Å². The molecule has 0 saturated carbocycles. The normalized spacial score (nSPS) is 10.3.